The highest BCUT2D eigenvalue weighted by atomic mass is 16.3. The third-order valence-electron chi connectivity index (χ3n) is 8.66. The summed E-state index contributed by atoms with van der Waals surface area (Å²) in [5, 5.41) is 19.9. The molecule has 3 nitrogen and oxygen atoms in total. The van der Waals surface area contributed by atoms with E-state index in [1.54, 1.807) is 5.57 Å². The molecule has 0 amide bonds. The highest BCUT2D eigenvalue weighted by molar-refractivity contribution is 5.83. The maximum Gasteiger partial charge on any atom is 0.161 e. The number of rotatable bonds is 2. The lowest BCUT2D eigenvalue weighted by Gasteiger charge is -2.55. The monoisotopic (exact) mass is 346 g/mol. The first kappa shape index (κ1) is 17.7. The quantitative estimate of drug-likeness (QED) is 0.746. The lowest BCUT2D eigenvalue weighted by molar-refractivity contribution is -0.131. The van der Waals surface area contributed by atoms with Gasteiger partial charge in [-0.25, -0.2) is 0 Å². The van der Waals surface area contributed by atoms with Crippen LogP contribution in [0.1, 0.15) is 72.1 Å². The van der Waals surface area contributed by atoms with Crippen LogP contribution in [0.15, 0.2) is 11.1 Å². The van der Waals surface area contributed by atoms with Crippen LogP contribution in [0.5, 0.6) is 0 Å². The number of aliphatic hydroxyl groups is 2. The van der Waals surface area contributed by atoms with Crippen molar-refractivity contribution in [3.05, 3.63) is 11.1 Å². The van der Waals surface area contributed by atoms with E-state index in [9.17, 15) is 15.0 Å². The van der Waals surface area contributed by atoms with Crippen LogP contribution in [0.3, 0.4) is 0 Å². The molecule has 7 atom stereocenters. The van der Waals surface area contributed by atoms with Gasteiger partial charge in [-0.15, -0.1) is 0 Å². The Morgan fingerprint density at radius 3 is 2.60 bits per heavy atom. The largest absolute Gasteiger partial charge is 0.390 e. The van der Waals surface area contributed by atoms with E-state index < -0.39 is 5.60 Å². The Bertz CT molecular complexity index is 604. The van der Waals surface area contributed by atoms with Crippen LogP contribution in [0.4, 0.5) is 0 Å². The van der Waals surface area contributed by atoms with Gasteiger partial charge in [-0.1, -0.05) is 18.1 Å². The van der Waals surface area contributed by atoms with E-state index in [4.69, 9.17) is 0 Å². The molecule has 0 bridgehead atoms. The second-order valence-electron chi connectivity index (χ2n) is 10.1. The summed E-state index contributed by atoms with van der Waals surface area (Å²) in [6.45, 7) is 6.33. The van der Waals surface area contributed by atoms with E-state index >= 15 is 0 Å². The summed E-state index contributed by atoms with van der Waals surface area (Å²) >= 11 is 0. The number of Topliss-reactive ketones (excluding diaryl/α,β-unsaturated/α-hetero) is 1. The molecule has 0 aromatic rings. The zero-order valence-electron chi connectivity index (χ0n) is 16.1. The Morgan fingerprint density at radius 2 is 1.88 bits per heavy atom. The van der Waals surface area contributed by atoms with Crippen molar-refractivity contribution in [3.63, 3.8) is 0 Å². The van der Waals surface area contributed by atoms with Gasteiger partial charge in [0.1, 0.15) is 6.61 Å². The Balaban J connectivity index is 1.63. The molecule has 0 saturated heterocycles. The lowest BCUT2D eigenvalue weighted by atomic mass is 9.50. The Kier molecular flexibility index (Phi) is 4.20. The van der Waals surface area contributed by atoms with Crippen LogP contribution in [0.25, 0.3) is 0 Å². The summed E-state index contributed by atoms with van der Waals surface area (Å²) in [7, 11) is 0. The fraction of sp³-hybridized carbons (Fsp3) is 0.864. The first-order chi connectivity index (χ1) is 11.8. The van der Waals surface area contributed by atoms with E-state index in [0.29, 0.717) is 17.8 Å². The predicted octanol–water partition coefficient (Wildman–Crippen LogP) is 3.88. The van der Waals surface area contributed by atoms with Gasteiger partial charge < -0.3 is 10.2 Å². The lowest BCUT2D eigenvalue weighted by Crippen LogP contribution is -2.49. The van der Waals surface area contributed by atoms with Crippen LogP contribution in [0.2, 0.25) is 0 Å². The third-order valence-corrected chi connectivity index (χ3v) is 8.66. The molecule has 0 spiro atoms. The van der Waals surface area contributed by atoms with Gasteiger partial charge >= 0.3 is 0 Å². The van der Waals surface area contributed by atoms with E-state index in [1.165, 1.54) is 12.0 Å². The molecule has 140 valence electrons. The summed E-state index contributed by atoms with van der Waals surface area (Å²) < 4.78 is 0. The van der Waals surface area contributed by atoms with Crippen molar-refractivity contribution in [1.82, 2.24) is 0 Å². The van der Waals surface area contributed by atoms with E-state index in [1.807, 2.05) is 6.92 Å². The molecular formula is C22H34O3. The molecular weight excluding hydrogens is 312 g/mol. The van der Waals surface area contributed by atoms with Gasteiger partial charge in [-0.05, 0) is 94.3 Å². The van der Waals surface area contributed by atoms with Crippen molar-refractivity contribution in [2.24, 2.45) is 35.0 Å². The molecule has 0 heterocycles. The minimum absolute atomic E-state index is 0.0703. The number of hydrogen-bond acceptors (Lipinski definition) is 3. The standard InChI is InChI=1S/C22H34O3/c1-13-10-16-14(15-6-8-21(2,25)11-17(13)15)7-9-22(3)18(16)4-5-19(22)20(24)12-23/h14-16,18-19,23,25H,4-12H2,1-3H3/t14-,15-,16-,18+,19-,21-,22+/m1/s1. The molecule has 2 N–H and O–H groups in total. The molecule has 0 aromatic carbocycles. The fourth-order valence-electron chi connectivity index (χ4n) is 7.44. The summed E-state index contributed by atoms with van der Waals surface area (Å²) in [6, 6.07) is 0. The second kappa shape index (κ2) is 5.92. The van der Waals surface area contributed by atoms with Gasteiger partial charge in [0.15, 0.2) is 5.78 Å². The summed E-state index contributed by atoms with van der Waals surface area (Å²) in [6.07, 6.45) is 8.55. The van der Waals surface area contributed by atoms with Crippen molar-refractivity contribution in [2.75, 3.05) is 6.61 Å². The minimum Gasteiger partial charge on any atom is -0.390 e. The van der Waals surface area contributed by atoms with Gasteiger partial charge in [0.2, 0.25) is 0 Å². The van der Waals surface area contributed by atoms with Crippen LogP contribution in [-0.4, -0.2) is 28.2 Å². The van der Waals surface area contributed by atoms with Crippen LogP contribution in [0, 0.1) is 35.0 Å². The smallest absolute Gasteiger partial charge is 0.161 e. The molecule has 3 saturated carbocycles. The molecule has 0 aliphatic heterocycles. The number of carbonyl (C=O) groups is 1. The Labute approximate surface area is 151 Å². The molecule has 4 aliphatic carbocycles. The molecule has 3 heteroatoms. The second-order valence-corrected chi connectivity index (χ2v) is 10.1. The maximum absolute atomic E-state index is 12.3. The van der Waals surface area contributed by atoms with E-state index in [-0.39, 0.29) is 23.7 Å². The number of allylic oxidation sites excluding steroid dienone is 1. The molecule has 0 radical (unpaired) electrons. The first-order valence-corrected chi connectivity index (χ1v) is 10.3. The van der Waals surface area contributed by atoms with Crippen molar-refractivity contribution in [2.45, 2.75) is 77.7 Å². The summed E-state index contributed by atoms with van der Waals surface area (Å²) in [5.41, 5.74) is 2.66. The van der Waals surface area contributed by atoms with Crippen molar-refractivity contribution in [1.29, 1.82) is 0 Å². The average molecular weight is 347 g/mol. The number of fused-ring (bicyclic) bond motifs is 5. The summed E-state index contributed by atoms with van der Waals surface area (Å²) in [4.78, 5) is 12.3. The third kappa shape index (κ3) is 2.65. The van der Waals surface area contributed by atoms with Gasteiger partial charge in [0.25, 0.3) is 0 Å². The Hall–Kier alpha value is -0.670. The van der Waals surface area contributed by atoms with Gasteiger partial charge in [-0.3, -0.25) is 4.79 Å². The van der Waals surface area contributed by atoms with Crippen molar-refractivity contribution in [3.8, 4) is 0 Å². The van der Waals surface area contributed by atoms with E-state index in [2.05, 4.69) is 13.8 Å². The highest BCUT2D eigenvalue weighted by Gasteiger charge is 2.58. The molecule has 4 aliphatic rings. The first-order valence-electron chi connectivity index (χ1n) is 10.3. The normalized spacial score (nSPS) is 49.4. The molecule has 25 heavy (non-hydrogen) atoms. The zero-order chi connectivity index (χ0) is 18.0. The van der Waals surface area contributed by atoms with Gasteiger partial charge in [0.05, 0.1) is 5.60 Å². The molecule has 3 fully saturated rings. The van der Waals surface area contributed by atoms with E-state index in [0.717, 1.165) is 50.9 Å². The fourth-order valence-corrected chi connectivity index (χ4v) is 7.44. The number of carbonyl (C=O) groups excluding carboxylic acids is 1. The molecule has 0 aromatic heterocycles. The number of ketones is 1. The van der Waals surface area contributed by atoms with Gasteiger partial charge in [-0.2, -0.15) is 0 Å². The van der Waals surface area contributed by atoms with Crippen molar-refractivity contribution < 1.29 is 15.0 Å². The van der Waals surface area contributed by atoms with Crippen molar-refractivity contribution >= 4 is 5.78 Å². The summed E-state index contributed by atoms with van der Waals surface area (Å²) in [5.74, 6) is 2.88. The van der Waals surface area contributed by atoms with Crippen LogP contribution < -0.4 is 0 Å². The predicted molar refractivity (Wildman–Crippen MR) is 97.9 cm³/mol. The van der Waals surface area contributed by atoms with Crippen LogP contribution in [-0.2, 0) is 4.79 Å². The maximum atomic E-state index is 12.3. The molecule has 4 rings (SSSR count). The SMILES string of the molecule is CC1=C2C[C@](C)(O)CC[C@@H]2[C@H]2CC[C@]3(C)[C@@H](C(=O)CO)CC[C@H]3[C@@H]2C1. The zero-order valence-corrected chi connectivity index (χ0v) is 16.1. The van der Waals surface area contributed by atoms with Crippen LogP contribution >= 0.6 is 0 Å². The number of hydrogen-bond donors (Lipinski definition) is 2. The average Bonchev–Trinajstić information content (AvgIpc) is 2.91. The Morgan fingerprint density at radius 1 is 1.12 bits per heavy atom. The topological polar surface area (TPSA) is 57.5 Å². The molecule has 0 unspecified atom stereocenters. The highest BCUT2D eigenvalue weighted by Crippen LogP contribution is 2.64. The minimum atomic E-state index is -0.519. The number of aliphatic hydroxyl groups excluding tert-OH is 1. The van der Waals surface area contributed by atoms with Gasteiger partial charge in [0, 0.05) is 5.92 Å².